The van der Waals surface area contributed by atoms with Crippen LogP contribution in [0.1, 0.15) is 41.3 Å². The fourth-order valence-electron chi connectivity index (χ4n) is 3.00. The van der Waals surface area contributed by atoms with Gasteiger partial charge in [-0.2, -0.15) is 5.26 Å². The van der Waals surface area contributed by atoms with Crippen molar-refractivity contribution >= 4 is 10.0 Å². The molecule has 7 heteroatoms. The predicted octanol–water partition coefficient (Wildman–Crippen LogP) is 1.89. The van der Waals surface area contributed by atoms with Gasteiger partial charge in [0.25, 0.3) is 0 Å². The molecular weight excluding hydrogens is 348 g/mol. The maximum absolute atomic E-state index is 11.6. The van der Waals surface area contributed by atoms with E-state index in [1.54, 1.807) is 0 Å². The molecule has 0 saturated carbocycles. The van der Waals surface area contributed by atoms with Crippen LogP contribution in [0, 0.1) is 23.2 Å². The van der Waals surface area contributed by atoms with E-state index in [1.807, 2.05) is 30.3 Å². The predicted molar refractivity (Wildman–Crippen MR) is 97.6 cm³/mol. The average molecular weight is 366 g/mol. The molecule has 26 heavy (non-hydrogen) atoms. The maximum atomic E-state index is 11.6. The van der Waals surface area contributed by atoms with Crippen LogP contribution < -0.4 is 0 Å². The maximum Gasteiger partial charge on any atom is 0.211 e. The molecule has 0 unspecified atom stereocenters. The van der Waals surface area contributed by atoms with E-state index in [0.29, 0.717) is 24.7 Å². The molecule has 1 aromatic heterocycles. The zero-order chi connectivity index (χ0) is 18.6. The molecule has 1 aliphatic rings. The molecule has 3 rings (SSSR count). The molecule has 0 N–H and O–H groups in total. The van der Waals surface area contributed by atoms with E-state index >= 15 is 0 Å². The van der Waals surface area contributed by atoms with Crippen LogP contribution in [0.15, 0.2) is 36.7 Å². The molecule has 1 saturated heterocycles. The minimum atomic E-state index is -3.10. The van der Waals surface area contributed by atoms with Gasteiger partial charge in [0.2, 0.25) is 10.0 Å². The molecule has 0 bridgehead atoms. The summed E-state index contributed by atoms with van der Waals surface area (Å²) in [4.78, 5) is 8.01. The molecule has 132 valence electrons. The summed E-state index contributed by atoms with van der Waals surface area (Å²) in [6.07, 6.45) is 5.88. The van der Waals surface area contributed by atoms with E-state index in [4.69, 9.17) is 5.26 Å². The van der Waals surface area contributed by atoms with Gasteiger partial charge in [0.15, 0.2) is 5.69 Å². The van der Waals surface area contributed by atoms with Crippen molar-refractivity contribution in [3.05, 3.63) is 59.2 Å². The van der Waals surface area contributed by atoms with Gasteiger partial charge >= 0.3 is 0 Å². The zero-order valence-corrected chi connectivity index (χ0v) is 15.2. The lowest BCUT2D eigenvalue weighted by molar-refractivity contribution is 0.321. The van der Waals surface area contributed by atoms with Gasteiger partial charge in [-0.05, 0) is 42.4 Å². The lowest BCUT2D eigenvalue weighted by Crippen LogP contribution is -2.37. The first-order chi connectivity index (χ1) is 12.5. The molecule has 2 aromatic rings. The van der Waals surface area contributed by atoms with Gasteiger partial charge in [-0.15, -0.1) is 0 Å². The minimum Gasteiger partial charge on any atom is -0.243 e. The van der Waals surface area contributed by atoms with Crippen molar-refractivity contribution in [3.63, 3.8) is 0 Å². The molecule has 0 amide bonds. The first kappa shape index (κ1) is 18.1. The third kappa shape index (κ3) is 4.26. The van der Waals surface area contributed by atoms with Gasteiger partial charge < -0.3 is 0 Å². The number of sulfonamides is 1. The lowest BCUT2D eigenvalue weighted by Gasteiger charge is -2.30. The number of rotatable bonds is 2. The largest absolute Gasteiger partial charge is 0.243 e. The number of piperidine rings is 1. The van der Waals surface area contributed by atoms with Crippen molar-refractivity contribution < 1.29 is 8.42 Å². The Balaban J connectivity index is 1.69. The highest BCUT2D eigenvalue weighted by Gasteiger charge is 2.25. The van der Waals surface area contributed by atoms with Crippen LogP contribution in [-0.2, 0) is 10.0 Å². The SMILES string of the molecule is CS(=O)(=O)N1CCC(c2ccc(C#Cc3nccnc3C#N)cc2)CC1. The number of nitriles is 1. The molecule has 2 heterocycles. The van der Waals surface area contributed by atoms with Gasteiger partial charge in [0.05, 0.1) is 6.26 Å². The van der Waals surface area contributed by atoms with Gasteiger partial charge in [0, 0.05) is 31.0 Å². The van der Waals surface area contributed by atoms with Crippen molar-refractivity contribution in [2.75, 3.05) is 19.3 Å². The van der Waals surface area contributed by atoms with Crippen LogP contribution in [-0.4, -0.2) is 42.0 Å². The highest BCUT2D eigenvalue weighted by Crippen LogP contribution is 2.28. The summed E-state index contributed by atoms with van der Waals surface area (Å²) in [5.74, 6) is 6.25. The smallest absolute Gasteiger partial charge is 0.211 e. The number of aromatic nitrogens is 2. The standard InChI is InChI=1S/C19H18N4O2S/c1-26(24,25)23-12-8-17(9-13-23)16-5-2-15(3-6-16)4-7-18-19(14-20)22-11-10-21-18/h2-3,5-6,10-11,17H,8-9,12-13H2,1H3. The normalized spacial score (nSPS) is 15.7. The van der Waals surface area contributed by atoms with E-state index in [9.17, 15) is 8.42 Å². The van der Waals surface area contributed by atoms with Crippen LogP contribution in [0.5, 0.6) is 0 Å². The van der Waals surface area contributed by atoms with Gasteiger partial charge in [-0.25, -0.2) is 22.7 Å². The summed E-state index contributed by atoms with van der Waals surface area (Å²) in [5.41, 5.74) is 2.61. The number of benzene rings is 1. The molecule has 1 fully saturated rings. The van der Waals surface area contributed by atoms with Crippen LogP contribution in [0.4, 0.5) is 0 Å². The third-order valence-electron chi connectivity index (χ3n) is 4.43. The Labute approximate surface area is 153 Å². The Morgan fingerprint density at radius 1 is 1.04 bits per heavy atom. The summed E-state index contributed by atoms with van der Waals surface area (Å²) in [5, 5.41) is 9.00. The molecule has 6 nitrogen and oxygen atoms in total. The Morgan fingerprint density at radius 3 is 2.23 bits per heavy atom. The summed E-state index contributed by atoms with van der Waals surface area (Å²) in [7, 11) is -3.10. The van der Waals surface area contributed by atoms with Crippen molar-refractivity contribution in [3.8, 4) is 17.9 Å². The average Bonchev–Trinajstić information content (AvgIpc) is 2.66. The second kappa shape index (κ2) is 7.65. The Kier molecular flexibility index (Phi) is 5.32. The number of nitrogens with zero attached hydrogens (tertiary/aromatic N) is 4. The van der Waals surface area contributed by atoms with Crippen LogP contribution in [0.2, 0.25) is 0 Å². The first-order valence-electron chi connectivity index (χ1n) is 8.25. The molecule has 0 spiro atoms. The summed E-state index contributed by atoms with van der Waals surface area (Å²) < 4.78 is 24.7. The van der Waals surface area contributed by atoms with Crippen LogP contribution in [0.25, 0.3) is 0 Å². The Hall–Kier alpha value is -2.74. The Morgan fingerprint density at radius 2 is 1.65 bits per heavy atom. The van der Waals surface area contributed by atoms with Crippen molar-refractivity contribution in [1.29, 1.82) is 5.26 Å². The highest BCUT2D eigenvalue weighted by atomic mass is 32.2. The molecule has 0 aliphatic carbocycles. The third-order valence-corrected chi connectivity index (χ3v) is 5.74. The molecule has 0 radical (unpaired) electrons. The minimum absolute atomic E-state index is 0.217. The van der Waals surface area contributed by atoms with Gasteiger partial charge in [0.1, 0.15) is 11.8 Å². The van der Waals surface area contributed by atoms with Crippen molar-refractivity contribution in [2.45, 2.75) is 18.8 Å². The van der Waals surface area contributed by atoms with Gasteiger partial charge in [-0.3, -0.25) is 0 Å². The van der Waals surface area contributed by atoms with Crippen LogP contribution >= 0.6 is 0 Å². The van der Waals surface area contributed by atoms with E-state index in [0.717, 1.165) is 18.4 Å². The van der Waals surface area contributed by atoms with E-state index in [-0.39, 0.29) is 5.69 Å². The second-order valence-corrected chi connectivity index (χ2v) is 8.16. The molecule has 1 aromatic carbocycles. The number of hydrogen-bond acceptors (Lipinski definition) is 5. The fourth-order valence-corrected chi connectivity index (χ4v) is 3.88. The topological polar surface area (TPSA) is 87.0 Å². The monoisotopic (exact) mass is 366 g/mol. The second-order valence-electron chi connectivity index (χ2n) is 6.17. The molecular formula is C19H18N4O2S. The van der Waals surface area contributed by atoms with Crippen LogP contribution in [0.3, 0.4) is 0 Å². The summed E-state index contributed by atoms with van der Waals surface area (Å²) >= 11 is 0. The van der Waals surface area contributed by atoms with Gasteiger partial charge in [-0.1, -0.05) is 18.1 Å². The lowest BCUT2D eigenvalue weighted by atomic mass is 9.90. The highest BCUT2D eigenvalue weighted by molar-refractivity contribution is 7.88. The summed E-state index contributed by atoms with van der Waals surface area (Å²) in [6.45, 7) is 1.13. The fraction of sp³-hybridized carbons (Fsp3) is 0.316. The summed E-state index contributed by atoms with van der Waals surface area (Å²) in [6, 6.07) is 9.92. The zero-order valence-electron chi connectivity index (χ0n) is 14.4. The van der Waals surface area contributed by atoms with E-state index in [2.05, 4.69) is 21.8 Å². The van der Waals surface area contributed by atoms with Crippen molar-refractivity contribution in [1.82, 2.24) is 14.3 Å². The van der Waals surface area contributed by atoms with E-state index in [1.165, 1.54) is 28.5 Å². The Bertz CT molecular complexity index is 990. The number of hydrogen-bond donors (Lipinski definition) is 0. The molecule has 1 aliphatic heterocycles. The van der Waals surface area contributed by atoms with E-state index < -0.39 is 10.0 Å². The first-order valence-corrected chi connectivity index (χ1v) is 10.1. The molecule has 0 atom stereocenters. The quantitative estimate of drug-likeness (QED) is 0.758. The van der Waals surface area contributed by atoms with Crippen molar-refractivity contribution in [2.24, 2.45) is 0 Å².